The van der Waals surface area contributed by atoms with Crippen molar-refractivity contribution in [2.75, 3.05) is 26.2 Å². The van der Waals surface area contributed by atoms with Crippen LogP contribution in [0.15, 0.2) is 47.4 Å². The number of benzene rings is 2. The van der Waals surface area contributed by atoms with Crippen molar-refractivity contribution in [3.63, 3.8) is 0 Å². The van der Waals surface area contributed by atoms with E-state index in [0.29, 0.717) is 13.1 Å². The van der Waals surface area contributed by atoms with Gasteiger partial charge in [0.15, 0.2) is 0 Å². The summed E-state index contributed by atoms with van der Waals surface area (Å²) >= 11 is 6.15. The number of halogens is 1. The molecule has 0 spiro atoms. The molecule has 0 saturated carbocycles. The summed E-state index contributed by atoms with van der Waals surface area (Å²) in [7, 11) is -3.63. The van der Waals surface area contributed by atoms with Crippen LogP contribution in [0.5, 0.6) is 5.75 Å². The van der Waals surface area contributed by atoms with Gasteiger partial charge in [0.1, 0.15) is 12.4 Å². The first kappa shape index (κ1) is 21.6. The lowest BCUT2D eigenvalue weighted by Crippen LogP contribution is -2.35. The Labute approximate surface area is 176 Å². The van der Waals surface area contributed by atoms with Gasteiger partial charge in [-0.15, -0.1) is 0 Å². The molecule has 6 nitrogen and oxygen atoms in total. The highest BCUT2D eigenvalue weighted by Crippen LogP contribution is 2.25. The van der Waals surface area contributed by atoms with Gasteiger partial charge in [-0.25, -0.2) is 8.42 Å². The van der Waals surface area contributed by atoms with Crippen LogP contribution in [0.1, 0.15) is 35.2 Å². The number of carbonyl (C=O) groups is 1. The maximum Gasteiger partial charge on any atom is 0.252 e. The van der Waals surface area contributed by atoms with Crippen molar-refractivity contribution in [3.8, 4) is 5.75 Å². The van der Waals surface area contributed by atoms with Gasteiger partial charge in [0.2, 0.25) is 10.0 Å². The van der Waals surface area contributed by atoms with Crippen molar-refractivity contribution in [2.24, 2.45) is 0 Å². The second-order valence-corrected chi connectivity index (χ2v) is 9.37. The first-order chi connectivity index (χ1) is 13.9. The number of piperidine rings is 1. The van der Waals surface area contributed by atoms with Gasteiger partial charge in [0, 0.05) is 13.1 Å². The molecule has 0 aromatic heterocycles. The van der Waals surface area contributed by atoms with Crippen molar-refractivity contribution in [1.29, 1.82) is 0 Å². The lowest BCUT2D eigenvalue weighted by atomic mass is 10.2. The van der Waals surface area contributed by atoms with Gasteiger partial charge in [0.05, 0.1) is 22.0 Å². The van der Waals surface area contributed by atoms with E-state index in [2.05, 4.69) is 5.32 Å². The van der Waals surface area contributed by atoms with Crippen LogP contribution < -0.4 is 10.1 Å². The fraction of sp³-hybridized carbons (Fsp3) is 0.381. The zero-order valence-corrected chi connectivity index (χ0v) is 17.9. The maximum absolute atomic E-state index is 12.8. The van der Waals surface area contributed by atoms with Crippen LogP contribution in [0.3, 0.4) is 0 Å². The molecule has 0 aliphatic carbocycles. The van der Waals surface area contributed by atoms with Crippen LogP contribution in [0.25, 0.3) is 0 Å². The minimum absolute atomic E-state index is 0.0878. The fourth-order valence-corrected chi connectivity index (χ4v) is 4.90. The van der Waals surface area contributed by atoms with Crippen molar-refractivity contribution >= 4 is 27.5 Å². The molecule has 156 valence electrons. The van der Waals surface area contributed by atoms with Crippen LogP contribution in [0.4, 0.5) is 0 Å². The Kier molecular flexibility index (Phi) is 7.16. The molecule has 3 rings (SSSR count). The number of nitrogens with one attached hydrogen (secondary N) is 1. The first-order valence-electron chi connectivity index (χ1n) is 9.65. The largest absolute Gasteiger partial charge is 0.492 e. The van der Waals surface area contributed by atoms with E-state index < -0.39 is 15.9 Å². The molecule has 1 N–H and O–H groups in total. The standard InChI is InChI=1S/C21H25ClN2O4S/c1-16-5-7-17(8-6-16)28-14-11-23-21(25)19-15-18(9-10-20(19)22)29(26,27)24-12-3-2-4-13-24/h5-10,15H,2-4,11-14H2,1H3,(H,23,25). The number of carbonyl (C=O) groups excluding carboxylic acids is 1. The molecule has 0 unspecified atom stereocenters. The van der Waals surface area contributed by atoms with Gasteiger partial charge in [-0.2, -0.15) is 4.31 Å². The molecule has 29 heavy (non-hydrogen) atoms. The Morgan fingerprint density at radius 3 is 2.48 bits per heavy atom. The third kappa shape index (κ3) is 5.50. The molecule has 0 radical (unpaired) electrons. The number of nitrogens with zero attached hydrogens (tertiary/aromatic N) is 1. The number of sulfonamides is 1. The highest BCUT2D eigenvalue weighted by atomic mass is 35.5. The number of hydrogen-bond acceptors (Lipinski definition) is 4. The summed E-state index contributed by atoms with van der Waals surface area (Å²) in [6, 6.07) is 11.9. The average Bonchev–Trinajstić information content (AvgIpc) is 2.73. The normalized spacial score (nSPS) is 15.1. The molecule has 1 amide bonds. The van der Waals surface area contributed by atoms with Gasteiger partial charge in [0.25, 0.3) is 5.91 Å². The summed E-state index contributed by atoms with van der Waals surface area (Å²) in [6.45, 7) is 3.56. The molecule has 2 aromatic carbocycles. The van der Waals surface area contributed by atoms with E-state index in [1.165, 1.54) is 22.5 Å². The Hall–Kier alpha value is -2.09. The monoisotopic (exact) mass is 436 g/mol. The number of aryl methyl sites for hydroxylation is 1. The Balaban J connectivity index is 1.62. The second kappa shape index (κ2) is 9.61. The molecule has 0 bridgehead atoms. The number of rotatable bonds is 7. The van der Waals surface area contributed by atoms with Gasteiger partial charge >= 0.3 is 0 Å². The van der Waals surface area contributed by atoms with Gasteiger partial charge in [-0.05, 0) is 50.1 Å². The third-order valence-corrected chi connectivity index (χ3v) is 7.04. The summed E-state index contributed by atoms with van der Waals surface area (Å²) in [5.74, 6) is 0.288. The lowest BCUT2D eigenvalue weighted by molar-refractivity contribution is 0.0947. The molecule has 2 aromatic rings. The second-order valence-electron chi connectivity index (χ2n) is 7.02. The van der Waals surface area contributed by atoms with E-state index in [4.69, 9.17) is 16.3 Å². The van der Waals surface area contributed by atoms with Crippen LogP contribution >= 0.6 is 11.6 Å². The minimum atomic E-state index is -3.63. The number of amides is 1. The molecule has 1 heterocycles. The summed E-state index contributed by atoms with van der Waals surface area (Å²) < 4.78 is 32.7. The maximum atomic E-state index is 12.8. The van der Waals surface area contributed by atoms with Gasteiger partial charge in [-0.1, -0.05) is 35.7 Å². The average molecular weight is 437 g/mol. The molecular weight excluding hydrogens is 412 g/mol. The molecule has 0 atom stereocenters. The van der Waals surface area contributed by atoms with Gasteiger partial charge in [-0.3, -0.25) is 4.79 Å². The Bertz CT molecular complexity index is 955. The quantitative estimate of drug-likeness (QED) is 0.672. The van der Waals surface area contributed by atoms with Crippen LogP contribution in [-0.4, -0.2) is 44.9 Å². The van der Waals surface area contributed by atoms with Gasteiger partial charge < -0.3 is 10.1 Å². The summed E-state index contributed by atoms with van der Waals surface area (Å²) in [5, 5.41) is 2.93. The highest BCUT2D eigenvalue weighted by Gasteiger charge is 2.27. The molecule has 1 aliphatic heterocycles. The predicted octanol–water partition coefficient (Wildman–Crippen LogP) is 3.63. The van der Waals surface area contributed by atoms with Crippen molar-refractivity contribution in [2.45, 2.75) is 31.1 Å². The fourth-order valence-electron chi connectivity index (χ4n) is 3.16. The SMILES string of the molecule is Cc1ccc(OCCNC(=O)c2cc(S(=O)(=O)N3CCCCC3)ccc2Cl)cc1. The third-order valence-electron chi connectivity index (χ3n) is 4.81. The molecule has 1 aliphatic rings. The highest BCUT2D eigenvalue weighted by molar-refractivity contribution is 7.89. The van der Waals surface area contributed by atoms with Crippen LogP contribution in [0, 0.1) is 6.92 Å². The van der Waals surface area contributed by atoms with E-state index in [9.17, 15) is 13.2 Å². The summed E-state index contributed by atoms with van der Waals surface area (Å²) in [6.07, 6.45) is 2.73. The molecule has 1 saturated heterocycles. The smallest absolute Gasteiger partial charge is 0.252 e. The topological polar surface area (TPSA) is 75.7 Å². The minimum Gasteiger partial charge on any atom is -0.492 e. The van der Waals surface area contributed by atoms with E-state index in [-0.39, 0.29) is 28.6 Å². The molecule has 8 heteroatoms. The van der Waals surface area contributed by atoms with E-state index >= 15 is 0 Å². The van der Waals surface area contributed by atoms with E-state index in [1.807, 2.05) is 31.2 Å². The lowest BCUT2D eigenvalue weighted by Gasteiger charge is -2.26. The van der Waals surface area contributed by atoms with Crippen molar-refractivity contribution in [1.82, 2.24) is 9.62 Å². The molecular formula is C21H25ClN2O4S. The zero-order valence-electron chi connectivity index (χ0n) is 16.4. The Morgan fingerprint density at radius 2 is 1.79 bits per heavy atom. The van der Waals surface area contributed by atoms with E-state index in [1.54, 1.807) is 0 Å². The number of ether oxygens (including phenoxy) is 1. The first-order valence-corrected chi connectivity index (χ1v) is 11.5. The number of hydrogen-bond donors (Lipinski definition) is 1. The summed E-state index contributed by atoms with van der Waals surface area (Å²) in [4.78, 5) is 12.6. The van der Waals surface area contributed by atoms with Crippen molar-refractivity contribution < 1.29 is 17.9 Å². The van der Waals surface area contributed by atoms with Crippen molar-refractivity contribution in [3.05, 3.63) is 58.6 Å². The van der Waals surface area contributed by atoms with Crippen LogP contribution in [-0.2, 0) is 10.0 Å². The predicted molar refractivity (Wildman–Crippen MR) is 113 cm³/mol. The Morgan fingerprint density at radius 1 is 1.10 bits per heavy atom. The van der Waals surface area contributed by atoms with E-state index in [0.717, 1.165) is 30.6 Å². The van der Waals surface area contributed by atoms with Crippen LogP contribution in [0.2, 0.25) is 5.02 Å². The molecule has 1 fully saturated rings. The zero-order chi connectivity index (χ0) is 20.9. The summed E-state index contributed by atoms with van der Waals surface area (Å²) in [5.41, 5.74) is 1.28.